The third-order valence-electron chi connectivity index (χ3n) is 5.46. The van der Waals surface area contributed by atoms with Gasteiger partial charge in [-0.25, -0.2) is 4.68 Å². The largest absolute Gasteiger partial charge is 0.353 e. The maximum atomic E-state index is 12.4. The van der Waals surface area contributed by atoms with E-state index in [-0.39, 0.29) is 28.5 Å². The van der Waals surface area contributed by atoms with E-state index in [1.807, 2.05) is 4.90 Å². The van der Waals surface area contributed by atoms with Crippen LogP contribution in [0.15, 0.2) is 0 Å². The van der Waals surface area contributed by atoms with Crippen LogP contribution in [0.4, 0.5) is 11.5 Å². The number of rotatable bonds is 4. The second kappa shape index (κ2) is 7.41. The Balaban J connectivity index is 1.59. The van der Waals surface area contributed by atoms with E-state index in [2.05, 4.69) is 10.4 Å². The molecule has 1 aliphatic carbocycles. The SMILES string of the molecule is Cc1nn(C)c(N2CCC(NC(=O)C3CCCCC3)CC2)c1[N+](=O)[O-]. The van der Waals surface area contributed by atoms with Crippen LogP contribution >= 0.6 is 0 Å². The van der Waals surface area contributed by atoms with Crippen molar-refractivity contribution in [3.8, 4) is 0 Å². The Bertz CT molecular complexity index is 643. The monoisotopic (exact) mass is 349 g/mol. The summed E-state index contributed by atoms with van der Waals surface area (Å²) in [6.45, 7) is 3.05. The van der Waals surface area contributed by atoms with Gasteiger partial charge in [0.15, 0.2) is 0 Å². The van der Waals surface area contributed by atoms with Gasteiger partial charge >= 0.3 is 5.69 Å². The summed E-state index contributed by atoms with van der Waals surface area (Å²) in [5.41, 5.74) is 0.530. The first-order valence-corrected chi connectivity index (χ1v) is 9.20. The summed E-state index contributed by atoms with van der Waals surface area (Å²) in [5, 5.41) is 18.7. The van der Waals surface area contributed by atoms with Crippen LogP contribution in [0, 0.1) is 23.0 Å². The second-order valence-corrected chi connectivity index (χ2v) is 7.24. The number of nitrogens with one attached hydrogen (secondary N) is 1. The molecule has 0 spiro atoms. The van der Waals surface area contributed by atoms with Gasteiger partial charge in [-0.05, 0) is 32.6 Å². The van der Waals surface area contributed by atoms with Crippen molar-refractivity contribution >= 4 is 17.4 Å². The average Bonchev–Trinajstić information content (AvgIpc) is 2.90. The van der Waals surface area contributed by atoms with Crippen LogP contribution in [0.3, 0.4) is 0 Å². The third-order valence-corrected chi connectivity index (χ3v) is 5.46. The predicted octanol–water partition coefficient (Wildman–Crippen LogP) is 2.30. The highest BCUT2D eigenvalue weighted by atomic mass is 16.6. The van der Waals surface area contributed by atoms with Gasteiger partial charge in [-0.3, -0.25) is 14.9 Å². The summed E-state index contributed by atoms with van der Waals surface area (Å²) in [5.74, 6) is 0.938. The van der Waals surface area contributed by atoms with E-state index in [9.17, 15) is 14.9 Å². The molecule has 0 bridgehead atoms. The van der Waals surface area contributed by atoms with Crippen molar-refractivity contribution in [3.05, 3.63) is 15.8 Å². The maximum absolute atomic E-state index is 12.4. The van der Waals surface area contributed by atoms with E-state index in [4.69, 9.17) is 0 Å². The molecule has 3 rings (SSSR count). The first-order valence-electron chi connectivity index (χ1n) is 9.20. The van der Waals surface area contributed by atoms with Crippen LogP contribution in [-0.4, -0.2) is 39.7 Å². The van der Waals surface area contributed by atoms with Crippen LogP contribution in [0.5, 0.6) is 0 Å². The summed E-state index contributed by atoms with van der Waals surface area (Å²) in [4.78, 5) is 25.4. The Hall–Kier alpha value is -2.12. The summed E-state index contributed by atoms with van der Waals surface area (Å²) in [7, 11) is 1.74. The number of carbonyl (C=O) groups is 1. The lowest BCUT2D eigenvalue weighted by Crippen LogP contribution is -2.47. The van der Waals surface area contributed by atoms with E-state index < -0.39 is 0 Å². The molecule has 1 aliphatic heterocycles. The molecule has 2 heterocycles. The topological polar surface area (TPSA) is 93.3 Å². The first-order chi connectivity index (χ1) is 12.0. The number of anilines is 1. The summed E-state index contributed by atoms with van der Waals surface area (Å²) < 4.78 is 1.59. The van der Waals surface area contributed by atoms with E-state index in [0.717, 1.165) is 38.5 Å². The molecule has 1 N–H and O–H groups in total. The van der Waals surface area contributed by atoms with Crippen molar-refractivity contribution in [2.75, 3.05) is 18.0 Å². The zero-order valence-corrected chi connectivity index (χ0v) is 15.0. The second-order valence-electron chi connectivity index (χ2n) is 7.24. The van der Waals surface area contributed by atoms with E-state index >= 15 is 0 Å². The van der Waals surface area contributed by atoms with Crippen molar-refractivity contribution in [2.45, 2.75) is 57.9 Å². The number of amides is 1. The highest BCUT2D eigenvalue weighted by Crippen LogP contribution is 2.32. The minimum Gasteiger partial charge on any atom is -0.353 e. The number of hydrogen-bond donors (Lipinski definition) is 1. The molecule has 0 aromatic carbocycles. The Morgan fingerprint density at radius 3 is 2.44 bits per heavy atom. The van der Waals surface area contributed by atoms with E-state index in [1.54, 1.807) is 18.7 Å². The normalized spacial score (nSPS) is 19.8. The van der Waals surface area contributed by atoms with Gasteiger partial charge in [-0.1, -0.05) is 19.3 Å². The van der Waals surface area contributed by atoms with Gasteiger partial charge in [0.25, 0.3) is 0 Å². The first kappa shape index (κ1) is 17.7. The van der Waals surface area contributed by atoms with E-state index in [0.29, 0.717) is 24.6 Å². The van der Waals surface area contributed by atoms with Crippen LogP contribution < -0.4 is 10.2 Å². The Labute approximate surface area is 147 Å². The molecule has 2 aliphatic rings. The fourth-order valence-corrected chi connectivity index (χ4v) is 4.12. The lowest BCUT2D eigenvalue weighted by atomic mass is 9.88. The summed E-state index contributed by atoms with van der Waals surface area (Å²) >= 11 is 0. The van der Waals surface area contributed by atoms with Crippen molar-refractivity contribution in [2.24, 2.45) is 13.0 Å². The Morgan fingerprint density at radius 1 is 1.20 bits per heavy atom. The van der Waals surface area contributed by atoms with Gasteiger partial charge < -0.3 is 10.2 Å². The number of aryl methyl sites for hydroxylation is 2. The number of carbonyl (C=O) groups excluding carboxylic acids is 1. The van der Waals surface area contributed by atoms with E-state index in [1.165, 1.54) is 6.42 Å². The number of nitrogens with zero attached hydrogens (tertiary/aromatic N) is 4. The van der Waals surface area contributed by atoms with Crippen LogP contribution in [0.2, 0.25) is 0 Å². The fraction of sp³-hybridized carbons (Fsp3) is 0.765. The maximum Gasteiger partial charge on any atom is 0.333 e. The zero-order chi connectivity index (χ0) is 18.0. The predicted molar refractivity (Wildman–Crippen MR) is 94.6 cm³/mol. The summed E-state index contributed by atoms with van der Waals surface area (Å²) in [6, 6.07) is 0.166. The third kappa shape index (κ3) is 3.77. The molecule has 0 unspecified atom stereocenters. The van der Waals surface area contributed by atoms with Crippen molar-refractivity contribution in [1.82, 2.24) is 15.1 Å². The zero-order valence-electron chi connectivity index (χ0n) is 15.0. The minimum atomic E-state index is -0.353. The number of piperidine rings is 1. The fourth-order valence-electron chi connectivity index (χ4n) is 4.12. The molecule has 1 amide bonds. The minimum absolute atomic E-state index is 0.0900. The number of hydrogen-bond acceptors (Lipinski definition) is 5. The molecule has 8 heteroatoms. The standard InChI is InChI=1S/C17H27N5O3/c1-12-15(22(24)25)17(20(2)19-12)21-10-8-14(9-11-21)18-16(23)13-6-4-3-5-7-13/h13-14H,3-11H2,1-2H3,(H,18,23). The molecular weight excluding hydrogens is 322 g/mol. The lowest BCUT2D eigenvalue weighted by molar-refractivity contribution is -0.384. The molecule has 8 nitrogen and oxygen atoms in total. The highest BCUT2D eigenvalue weighted by molar-refractivity contribution is 5.79. The van der Waals surface area contributed by atoms with Crippen LogP contribution in [0.1, 0.15) is 50.6 Å². The molecule has 1 aromatic heterocycles. The van der Waals surface area contributed by atoms with Gasteiger partial charge in [0.2, 0.25) is 11.7 Å². The molecule has 0 atom stereocenters. The lowest BCUT2D eigenvalue weighted by Gasteiger charge is -2.34. The number of nitro groups is 1. The van der Waals surface area contributed by atoms with Crippen LogP contribution in [-0.2, 0) is 11.8 Å². The molecule has 2 fully saturated rings. The summed E-state index contributed by atoms with van der Waals surface area (Å²) in [6.07, 6.45) is 7.17. The van der Waals surface area contributed by atoms with Crippen molar-refractivity contribution < 1.29 is 9.72 Å². The highest BCUT2D eigenvalue weighted by Gasteiger charge is 2.32. The molecule has 1 aromatic rings. The molecule has 1 saturated carbocycles. The van der Waals surface area contributed by atoms with Gasteiger partial charge in [0.05, 0.1) is 4.92 Å². The van der Waals surface area contributed by atoms with Gasteiger partial charge in [-0.15, -0.1) is 0 Å². The molecule has 1 saturated heterocycles. The molecule has 138 valence electrons. The molecule has 25 heavy (non-hydrogen) atoms. The molecular formula is C17H27N5O3. The Kier molecular flexibility index (Phi) is 5.24. The van der Waals surface area contributed by atoms with Crippen molar-refractivity contribution in [1.29, 1.82) is 0 Å². The van der Waals surface area contributed by atoms with Gasteiger partial charge in [0, 0.05) is 32.1 Å². The van der Waals surface area contributed by atoms with Gasteiger partial charge in [0.1, 0.15) is 5.69 Å². The Morgan fingerprint density at radius 2 is 1.84 bits per heavy atom. The number of aromatic nitrogens is 2. The van der Waals surface area contributed by atoms with Crippen LogP contribution in [0.25, 0.3) is 0 Å². The smallest absolute Gasteiger partial charge is 0.333 e. The molecule has 0 radical (unpaired) electrons. The van der Waals surface area contributed by atoms with Gasteiger partial charge in [-0.2, -0.15) is 5.10 Å². The quantitative estimate of drug-likeness (QED) is 0.665. The van der Waals surface area contributed by atoms with Crippen molar-refractivity contribution in [3.63, 3.8) is 0 Å². The average molecular weight is 349 g/mol.